The average molecular weight is 269 g/mol. The van der Waals surface area contributed by atoms with Gasteiger partial charge in [0.2, 0.25) is 5.91 Å². The SMILES string of the molecule is CCCC(CCC)C(=O)N1CCCC1C(=O)OCC. The molecule has 1 aliphatic rings. The van der Waals surface area contributed by atoms with Gasteiger partial charge in [0, 0.05) is 12.5 Å². The molecule has 0 aliphatic carbocycles. The Bertz CT molecular complexity index is 298. The minimum atomic E-state index is -0.344. The fourth-order valence-electron chi connectivity index (χ4n) is 2.84. The summed E-state index contributed by atoms with van der Waals surface area (Å²) in [5, 5.41) is 0. The Morgan fingerprint density at radius 2 is 1.84 bits per heavy atom. The highest BCUT2D eigenvalue weighted by molar-refractivity contribution is 5.86. The van der Waals surface area contributed by atoms with E-state index in [1.165, 1.54) is 0 Å². The molecule has 0 aromatic rings. The number of nitrogens with zero attached hydrogens (tertiary/aromatic N) is 1. The summed E-state index contributed by atoms with van der Waals surface area (Å²) in [4.78, 5) is 26.2. The Morgan fingerprint density at radius 1 is 1.21 bits per heavy atom. The molecule has 0 aromatic heterocycles. The number of likely N-dealkylation sites (tertiary alicyclic amines) is 1. The molecule has 1 aliphatic heterocycles. The molecular formula is C15H27NO3. The van der Waals surface area contributed by atoms with Crippen LogP contribution in [0.25, 0.3) is 0 Å². The van der Waals surface area contributed by atoms with Crippen LogP contribution in [0.2, 0.25) is 0 Å². The molecule has 1 saturated heterocycles. The first-order chi connectivity index (χ1) is 9.15. The molecular weight excluding hydrogens is 242 g/mol. The molecule has 0 radical (unpaired) electrons. The van der Waals surface area contributed by atoms with Crippen LogP contribution in [-0.2, 0) is 14.3 Å². The molecule has 0 spiro atoms. The van der Waals surface area contributed by atoms with E-state index >= 15 is 0 Å². The summed E-state index contributed by atoms with van der Waals surface area (Å²) >= 11 is 0. The predicted octanol–water partition coefficient (Wildman–Crippen LogP) is 2.76. The van der Waals surface area contributed by atoms with Gasteiger partial charge in [-0.2, -0.15) is 0 Å². The number of esters is 1. The van der Waals surface area contributed by atoms with Crippen molar-refractivity contribution >= 4 is 11.9 Å². The lowest BCUT2D eigenvalue weighted by atomic mass is 9.96. The Hall–Kier alpha value is -1.06. The highest BCUT2D eigenvalue weighted by atomic mass is 16.5. The lowest BCUT2D eigenvalue weighted by Gasteiger charge is -2.27. The maximum absolute atomic E-state index is 12.6. The lowest BCUT2D eigenvalue weighted by Crippen LogP contribution is -2.44. The average Bonchev–Trinajstić information content (AvgIpc) is 2.87. The fourth-order valence-corrected chi connectivity index (χ4v) is 2.84. The van der Waals surface area contributed by atoms with Crippen molar-refractivity contribution < 1.29 is 14.3 Å². The van der Waals surface area contributed by atoms with Crippen molar-refractivity contribution in [2.45, 2.75) is 65.3 Å². The monoisotopic (exact) mass is 269 g/mol. The van der Waals surface area contributed by atoms with E-state index in [2.05, 4.69) is 13.8 Å². The van der Waals surface area contributed by atoms with Crippen molar-refractivity contribution in [2.75, 3.05) is 13.2 Å². The van der Waals surface area contributed by atoms with Crippen LogP contribution in [-0.4, -0.2) is 36.0 Å². The summed E-state index contributed by atoms with van der Waals surface area (Å²) in [7, 11) is 0. The van der Waals surface area contributed by atoms with Crippen LogP contribution in [0.3, 0.4) is 0 Å². The first-order valence-electron chi connectivity index (χ1n) is 7.62. The number of carbonyl (C=O) groups is 2. The van der Waals surface area contributed by atoms with Gasteiger partial charge in [0.05, 0.1) is 6.61 Å². The third-order valence-corrected chi connectivity index (χ3v) is 3.72. The maximum atomic E-state index is 12.6. The molecule has 1 unspecified atom stereocenters. The largest absolute Gasteiger partial charge is 0.464 e. The Balaban J connectivity index is 2.69. The van der Waals surface area contributed by atoms with Crippen molar-refractivity contribution in [3.8, 4) is 0 Å². The van der Waals surface area contributed by atoms with Crippen molar-refractivity contribution in [1.82, 2.24) is 4.90 Å². The molecule has 0 aromatic carbocycles. The summed E-state index contributed by atoms with van der Waals surface area (Å²) in [6.07, 6.45) is 5.50. The van der Waals surface area contributed by atoms with Crippen LogP contribution in [0, 0.1) is 5.92 Å². The van der Waals surface area contributed by atoms with Gasteiger partial charge in [-0.25, -0.2) is 4.79 Å². The van der Waals surface area contributed by atoms with Gasteiger partial charge in [0.25, 0.3) is 0 Å². The van der Waals surface area contributed by atoms with Gasteiger partial charge >= 0.3 is 5.97 Å². The molecule has 4 nitrogen and oxygen atoms in total. The highest BCUT2D eigenvalue weighted by Gasteiger charge is 2.37. The Morgan fingerprint density at radius 3 is 2.37 bits per heavy atom. The van der Waals surface area contributed by atoms with Gasteiger partial charge < -0.3 is 9.64 Å². The topological polar surface area (TPSA) is 46.6 Å². The van der Waals surface area contributed by atoms with E-state index in [4.69, 9.17) is 4.74 Å². The quantitative estimate of drug-likeness (QED) is 0.668. The summed E-state index contributed by atoms with van der Waals surface area (Å²) < 4.78 is 5.07. The van der Waals surface area contributed by atoms with E-state index in [1.807, 2.05) is 0 Å². The molecule has 0 N–H and O–H groups in total. The fraction of sp³-hybridized carbons (Fsp3) is 0.867. The lowest BCUT2D eigenvalue weighted by molar-refractivity contribution is -0.154. The summed E-state index contributed by atoms with van der Waals surface area (Å²) in [6.45, 7) is 7.08. The summed E-state index contributed by atoms with van der Waals surface area (Å²) in [5.74, 6) is -0.00984. The van der Waals surface area contributed by atoms with E-state index in [1.54, 1.807) is 11.8 Å². The minimum Gasteiger partial charge on any atom is -0.464 e. The smallest absolute Gasteiger partial charge is 0.328 e. The molecule has 4 heteroatoms. The van der Waals surface area contributed by atoms with E-state index < -0.39 is 0 Å². The number of carbonyl (C=O) groups excluding carboxylic acids is 2. The third kappa shape index (κ3) is 4.22. The molecule has 1 heterocycles. The number of rotatable bonds is 7. The molecule has 1 amide bonds. The Labute approximate surface area is 116 Å². The Kier molecular flexibility index (Phi) is 6.89. The molecule has 0 saturated carbocycles. The van der Waals surface area contributed by atoms with Gasteiger partial charge in [-0.3, -0.25) is 4.79 Å². The van der Waals surface area contributed by atoms with Gasteiger partial charge in [-0.1, -0.05) is 26.7 Å². The zero-order valence-electron chi connectivity index (χ0n) is 12.5. The molecule has 1 rings (SSSR count). The van der Waals surface area contributed by atoms with Gasteiger partial charge in [0.15, 0.2) is 0 Å². The number of ether oxygens (including phenoxy) is 1. The number of hydrogen-bond donors (Lipinski definition) is 0. The molecule has 19 heavy (non-hydrogen) atoms. The van der Waals surface area contributed by atoms with E-state index in [0.717, 1.165) is 38.5 Å². The second-order valence-electron chi connectivity index (χ2n) is 5.22. The van der Waals surface area contributed by atoms with Crippen molar-refractivity contribution in [3.05, 3.63) is 0 Å². The number of hydrogen-bond acceptors (Lipinski definition) is 3. The van der Waals surface area contributed by atoms with Crippen molar-refractivity contribution in [2.24, 2.45) is 5.92 Å². The van der Waals surface area contributed by atoms with E-state index in [0.29, 0.717) is 13.2 Å². The van der Waals surface area contributed by atoms with Crippen molar-refractivity contribution in [3.63, 3.8) is 0 Å². The zero-order chi connectivity index (χ0) is 14.3. The van der Waals surface area contributed by atoms with E-state index in [-0.39, 0.29) is 23.8 Å². The second-order valence-corrected chi connectivity index (χ2v) is 5.22. The summed E-state index contributed by atoms with van der Waals surface area (Å²) in [5.41, 5.74) is 0. The highest BCUT2D eigenvalue weighted by Crippen LogP contribution is 2.24. The first-order valence-corrected chi connectivity index (χ1v) is 7.62. The molecule has 1 atom stereocenters. The summed E-state index contributed by atoms with van der Waals surface area (Å²) in [6, 6.07) is -0.344. The second kappa shape index (κ2) is 8.18. The zero-order valence-corrected chi connectivity index (χ0v) is 12.5. The first kappa shape index (κ1) is 16.0. The van der Waals surface area contributed by atoms with Gasteiger partial charge in [-0.05, 0) is 32.6 Å². The molecule has 1 fully saturated rings. The minimum absolute atomic E-state index is 0.0741. The van der Waals surface area contributed by atoms with Crippen molar-refractivity contribution in [1.29, 1.82) is 0 Å². The normalized spacial score (nSPS) is 18.9. The van der Waals surface area contributed by atoms with Crippen LogP contribution in [0.5, 0.6) is 0 Å². The van der Waals surface area contributed by atoms with Crippen LogP contribution >= 0.6 is 0 Å². The standard InChI is InChI=1S/C15H27NO3/c1-4-8-12(9-5-2)14(17)16-11-7-10-13(16)15(18)19-6-3/h12-13H,4-11H2,1-3H3. The van der Waals surface area contributed by atoms with Crippen LogP contribution in [0.15, 0.2) is 0 Å². The number of amides is 1. The van der Waals surface area contributed by atoms with Crippen LogP contribution in [0.4, 0.5) is 0 Å². The van der Waals surface area contributed by atoms with Crippen LogP contribution in [0.1, 0.15) is 59.3 Å². The molecule has 110 valence electrons. The maximum Gasteiger partial charge on any atom is 0.328 e. The van der Waals surface area contributed by atoms with E-state index in [9.17, 15) is 9.59 Å². The predicted molar refractivity (Wildman–Crippen MR) is 74.7 cm³/mol. The van der Waals surface area contributed by atoms with Gasteiger partial charge in [-0.15, -0.1) is 0 Å². The van der Waals surface area contributed by atoms with Crippen LogP contribution < -0.4 is 0 Å². The molecule has 0 bridgehead atoms. The third-order valence-electron chi connectivity index (χ3n) is 3.72. The van der Waals surface area contributed by atoms with Gasteiger partial charge in [0.1, 0.15) is 6.04 Å².